The van der Waals surface area contributed by atoms with Gasteiger partial charge < -0.3 is 14.9 Å². The van der Waals surface area contributed by atoms with Crippen LogP contribution in [0.25, 0.3) is 0 Å². The van der Waals surface area contributed by atoms with E-state index in [0.29, 0.717) is 12.1 Å². The minimum atomic E-state index is -0.554. The van der Waals surface area contributed by atoms with Crippen LogP contribution in [0.5, 0.6) is 0 Å². The Balaban J connectivity index is 2.34. The summed E-state index contributed by atoms with van der Waals surface area (Å²) < 4.78 is 0. The van der Waals surface area contributed by atoms with Crippen molar-refractivity contribution in [3.63, 3.8) is 0 Å². The van der Waals surface area contributed by atoms with Crippen molar-refractivity contribution in [3.8, 4) is 6.07 Å². The van der Waals surface area contributed by atoms with Crippen molar-refractivity contribution in [1.29, 1.82) is 5.26 Å². The molecule has 0 radical (unpaired) electrons. The van der Waals surface area contributed by atoms with E-state index in [4.69, 9.17) is 5.26 Å². The number of benzene rings is 1. The third-order valence-electron chi connectivity index (χ3n) is 3.48. The van der Waals surface area contributed by atoms with Crippen molar-refractivity contribution in [2.24, 2.45) is 0 Å². The summed E-state index contributed by atoms with van der Waals surface area (Å²) in [6, 6.07) is 8.71. The predicted molar refractivity (Wildman–Crippen MR) is 71.6 cm³/mol. The van der Waals surface area contributed by atoms with Gasteiger partial charge in [0, 0.05) is 25.3 Å². The Morgan fingerprint density at radius 1 is 1.42 bits per heavy atom. The van der Waals surface area contributed by atoms with Gasteiger partial charge in [0.15, 0.2) is 0 Å². The Hall–Kier alpha value is -2.06. The van der Waals surface area contributed by atoms with E-state index in [1.54, 1.807) is 24.1 Å². The van der Waals surface area contributed by atoms with Crippen molar-refractivity contribution in [1.82, 2.24) is 4.90 Å². The van der Waals surface area contributed by atoms with Gasteiger partial charge in [0.2, 0.25) is 5.91 Å². The molecule has 1 fully saturated rings. The minimum Gasteiger partial charge on any atom is -0.394 e. The van der Waals surface area contributed by atoms with Gasteiger partial charge in [-0.3, -0.25) is 4.79 Å². The van der Waals surface area contributed by atoms with Crippen molar-refractivity contribution in [3.05, 3.63) is 29.8 Å². The largest absolute Gasteiger partial charge is 0.394 e. The third kappa shape index (κ3) is 2.40. The Bertz CT molecular complexity index is 506. The first-order valence-electron chi connectivity index (χ1n) is 6.22. The summed E-state index contributed by atoms with van der Waals surface area (Å²) in [6.07, 6.45) is 0. The zero-order valence-electron chi connectivity index (χ0n) is 11.1. The molecule has 5 nitrogen and oxygen atoms in total. The molecule has 1 aliphatic heterocycles. The normalized spacial score (nSPS) is 23.4. The average Bonchev–Trinajstić information content (AvgIpc) is 2.42. The first-order valence-corrected chi connectivity index (χ1v) is 6.22. The topological polar surface area (TPSA) is 67.6 Å². The fraction of sp³-hybridized carbons (Fsp3) is 0.429. The molecule has 1 aromatic carbocycles. The highest BCUT2D eigenvalue weighted by molar-refractivity contribution is 5.87. The first kappa shape index (κ1) is 13.4. The number of likely N-dealkylation sites (N-methyl/N-ethyl adjacent to an activating group) is 1. The number of nitrogens with zero attached hydrogens (tertiary/aromatic N) is 3. The van der Waals surface area contributed by atoms with Crippen LogP contribution in [0.2, 0.25) is 0 Å². The van der Waals surface area contributed by atoms with E-state index in [0.717, 1.165) is 5.69 Å². The SMILES string of the molecule is CC1CN(C)C(=O)C(CO)N1c1ccc(C#N)cc1. The lowest BCUT2D eigenvalue weighted by molar-refractivity contribution is -0.134. The molecule has 1 saturated heterocycles. The van der Waals surface area contributed by atoms with Gasteiger partial charge in [-0.25, -0.2) is 0 Å². The summed E-state index contributed by atoms with van der Waals surface area (Å²) in [5.41, 5.74) is 1.43. The lowest BCUT2D eigenvalue weighted by Gasteiger charge is -2.44. The van der Waals surface area contributed by atoms with Gasteiger partial charge in [-0.2, -0.15) is 5.26 Å². The van der Waals surface area contributed by atoms with E-state index in [-0.39, 0.29) is 18.6 Å². The molecule has 2 rings (SSSR count). The van der Waals surface area contributed by atoms with Crippen LogP contribution in [0.4, 0.5) is 5.69 Å². The lowest BCUT2D eigenvalue weighted by Crippen LogP contribution is -2.61. The number of hydrogen-bond donors (Lipinski definition) is 1. The van der Waals surface area contributed by atoms with Crippen LogP contribution in [0.3, 0.4) is 0 Å². The quantitative estimate of drug-likeness (QED) is 0.844. The van der Waals surface area contributed by atoms with Gasteiger partial charge in [0.25, 0.3) is 0 Å². The fourth-order valence-corrected chi connectivity index (χ4v) is 2.56. The second kappa shape index (κ2) is 5.29. The Morgan fingerprint density at radius 3 is 2.58 bits per heavy atom. The van der Waals surface area contributed by atoms with E-state index in [2.05, 4.69) is 6.07 Å². The molecule has 19 heavy (non-hydrogen) atoms. The number of carbonyl (C=O) groups is 1. The Morgan fingerprint density at radius 2 is 2.05 bits per heavy atom. The van der Waals surface area contributed by atoms with E-state index in [1.165, 1.54) is 0 Å². The molecule has 1 aliphatic rings. The number of rotatable bonds is 2. The Kier molecular flexibility index (Phi) is 3.72. The van der Waals surface area contributed by atoms with Gasteiger partial charge in [0.05, 0.1) is 18.2 Å². The zero-order chi connectivity index (χ0) is 14.0. The summed E-state index contributed by atoms with van der Waals surface area (Å²) >= 11 is 0. The van der Waals surface area contributed by atoms with Crippen LogP contribution in [-0.4, -0.2) is 48.2 Å². The molecule has 0 bridgehead atoms. The maximum atomic E-state index is 12.1. The Labute approximate surface area is 112 Å². The molecule has 2 unspecified atom stereocenters. The molecule has 0 aliphatic carbocycles. The van der Waals surface area contributed by atoms with Gasteiger partial charge >= 0.3 is 0 Å². The number of carbonyl (C=O) groups excluding carboxylic acids is 1. The second-order valence-corrected chi connectivity index (χ2v) is 4.83. The molecule has 1 aromatic rings. The highest BCUT2D eigenvalue weighted by Gasteiger charge is 2.36. The second-order valence-electron chi connectivity index (χ2n) is 4.83. The summed E-state index contributed by atoms with van der Waals surface area (Å²) in [7, 11) is 1.75. The summed E-state index contributed by atoms with van der Waals surface area (Å²) in [6.45, 7) is 2.42. The van der Waals surface area contributed by atoms with E-state index < -0.39 is 6.04 Å². The third-order valence-corrected chi connectivity index (χ3v) is 3.48. The van der Waals surface area contributed by atoms with Crippen LogP contribution >= 0.6 is 0 Å². The van der Waals surface area contributed by atoms with E-state index in [9.17, 15) is 9.90 Å². The standard InChI is InChI=1S/C14H17N3O2/c1-10-8-16(2)14(19)13(9-18)17(10)12-5-3-11(7-15)4-6-12/h3-6,10,13,18H,8-9H2,1-2H3. The number of aliphatic hydroxyl groups is 1. The molecule has 5 heteroatoms. The van der Waals surface area contributed by atoms with Crippen LogP contribution in [0.15, 0.2) is 24.3 Å². The van der Waals surface area contributed by atoms with E-state index >= 15 is 0 Å². The smallest absolute Gasteiger partial charge is 0.247 e. The van der Waals surface area contributed by atoms with Gasteiger partial charge in [-0.1, -0.05) is 0 Å². The van der Waals surface area contributed by atoms with Crippen molar-refractivity contribution >= 4 is 11.6 Å². The average molecular weight is 259 g/mol. The molecule has 100 valence electrons. The number of anilines is 1. The molecule has 2 atom stereocenters. The molecule has 0 saturated carbocycles. The molecule has 1 amide bonds. The monoisotopic (exact) mass is 259 g/mol. The summed E-state index contributed by atoms with van der Waals surface area (Å²) in [5.74, 6) is -0.0787. The maximum absolute atomic E-state index is 12.1. The molecular weight excluding hydrogens is 242 g/mol. The van der Waals surface area contributed by atoms with Crippen molar-refractivity contribution in [2.45, 2.75) is 19.0 Å². The molecule has 0 aromatic heterocycles. The van der Waals surface area contributed by atoms with Crippen LogP contribution in [-0.2, 0) is 4.79 Å². The fourth-order valence-electron chi connectivity index (χ4n) is 2.56. The molecular formula is C14H17N3O2. The van der Waals surface area contributed by atoms with Crippen LogP contribution in [0.1, 0.15) is 12.5 Å². The highest BCUT2D eigenvalue weighted by atomic mass is 16.3. The number of hydrogen-bond acceptors (Lipinski definition) is 4. The summed E-state index contributed by atoms with van der Waals surface area (Å²) in [4.78, 5) is 15.6. The van der Waals surface area contributed by atoms with E-state index in [1.807, 2.05) is 24.0 Å². The number of piperazine rings is 1. The van der Waals surface area contributed by atoms with Crippen LogP contribution in [0, 0.1) is 11.3 Å². The minimum absolute atomic E-state index is 0.0787. The number of nitriles is 1. The van der Waals surface area contributed by atoms with Crippen molar-refractivity contribution in [2.75, 3.05) is 25.1 Å². The molecule has 0 spiro atoms. The first-order chi connectivity index (χ1) is 9.08. The van der Waals surface area contributed by atoms with Gasteiger partial charge in [0.1, 0.15) is 6.04 Å². The van der Waals surface area contributed by atoms with Gasteiger partial charge in [-0.05, 0) is 31.2 Å². The predicted octanol–water partition coefficient (Wildman–Crippen LogP) is 0.586. The number of aliphatic hydroxyl groups excluding tert-OH is 1. The number of amides is 1. The summed E-state index contributed by atoms with van der Waals surface area (Å²) in [5, 5.41) is 18.3. The van der Waals surface area contributed by atoms with Crippen LogP contribution < -0.4 is 4.90 Å². The highest BCUT2D eigenvalue weighted by Crippen LogP contribution is 2.25. The molecule has 1 heterocycles. The van der Waals surface area contributed by atoms with Crippen molar-refractivity contribution < 1.29 is 9.90 Å². The zero-order valence-corrected chi connectivity index (χ0v) is 11.1. The van der Waals surface area contributed by atoms with Gasteiger partial charge in [-0.15, -0.1) is 0 Å². The lowest BCUT2D eigenvalue weighted by atomic mass is 10.0. The maximum Gasteiger partial charge on any atom is 0.247 e. The molecule has 1 N–H and O–H groups in total.